The van der Waals surface area contributed by atoms with Crippen molar-refractivity contribution in [3.8, 4) is 0 Å². The summed E-state index contributed by atoms with van der Waals surface area (Å²) < 4.78 is 4.02. The maximum atomic E-state index is 4.32. The molecular formula is C12H19N5. The third-order valence-electron chi connectivity index (χ3n) is 2.82. The van der Waals surface area contributed by atoms with E-state index in [4.69, 9.17) is 0 Å². The van der Waals surface area contributed by atoms with Crippen LogP contribution in [0, 0.1) is 0 Å². The Balaban J connectivity index is 1.95. The van der Waals surface area contributed by atoms with Gasteiger partial charge in [0.1, 0.15) is 0 Å². The summed E-state index contributed by atoms with van der Waals surface area (Å²) >= 11 is 0. The molecule has 2 heterocycles. The summed E-state index contributed by atoms with van der Waals surface area (Å²) in [5, 5.41) is 7.47. The van der Waals surface area contributed by atoms with Crippen LogP contribution in [0.25, 0.3) is 0 Å². The summed E-state index contributed by atoms with van der Waals surface area (Å²) in [4.78, 5) is 4.32. The van der Waals surface area contributed by atoms with Crippen LogP contribution in [0.4, 0.5) is 5.95 Å². The summed E-state index contributed by atoms with van der Waals surface area (Å²) in [7, 11) is 1.95. The number of rotatable bonds is 6. The molecule has 0 unspecified atom stereocenters. The molecule has 0 atom stereocenters. The molecule has 0 saturated carbocycles. The van der Waals surface area contributed by atoms with Crippen molar-refractivity contribution in [2.24, 2.45) is 7.05 Å². The number of aromatic nitrogens is 4. The van der Waals surface area contributed by atoms with E-state index in [1.807, 2.05) is 30.2 Å². The first kappa shape index (κ1) is 11.7. The van der Waals surface area contributed by atoms with E-state index in [0.717, 1.165) is 24.7 Å². The number of imidazole rings is 1. The predicted octanol–water partition coefficient (Wildman–Crippen LogP) is 2.03. The van der Waals surface area contributed by atoms with Crippen LogP contribution in [0.15, 0.2) is 24.7 Å². The normalized spacial score (nSPS) is 10.7. The lowest BCUT2D eigenvalue weighted by molar-refractivity contribution is 0.633. The fourth-order valence-electron chi connectivity index (χ4n) is 1.73. The van der Waals surface area contributed by atoms with Gasteiger partial charge in [-0.2, -0.15) is 5.10 Å². The fraction of sp³-hybridized carbons (Fsp3) is 0.500. The zero-order chi connectivity index (χ0) is 12.1. The van der Waals surface area contributed by atoms with E-state index in [2.05, 4.69) is 26.9 Å². The Morgan fingerprint density at radius 2 is 2.24 bits per heavy atom. The molecule has 0 fully saturated rings. The van der Waals surface area contributed by atoms with Gasteiger partial charge in [-0.25, -0.2) is 4.98 Å². The molecule has 0 spiro atoms. The summed E-state index contributed by atoms with van der Waals surface area (Å²) in [6, 6.07) is 2.01. The Bertz CT molecular complexity index is 457. The van der Waals surface area contributed by atoms with Crippen LogP contribution in [0.5, 0.6) is 0 Å². The third-order valence-corrected chi connectivity index (χ3v) is 2.82. The molecule has 1 N–H and O–H groups in total. The summed E-state index contributed by atoms with van der Waals surface area (Å²) in [6.45, 7) is 3.96. The molecule has 17 heavy (non-hydrogen) atoms. The van der Waals surface area contributed by atoms with Crippen LogP contribution in [0.2, 0.25) is 0 Å². The molecule has 2 aromatic heterocycles. The predicted molar refractivity (Wildman–Crippen MR) is 67.7 cm³/mol. The molecular weight excluding hydrogens is 214 g/mol. The first-order chi connectivity index (χ1) is 8.31. The van der Waals surface area contributed by atoms with Crippen LogP contribution in [-0.4, -0.2) is 19.3 Å². The molecule has 5 heteroatoms. The van der Waals surface area contributed by atoms with Crippen molar-refractivity contribution in [1.29, 1.82) is 0 Å². The summed E-state index contributed by atoms with van der Waals surface area (Å²) in [5.74, 6) is 0.930. The van der Waals surface area contributed by atoms with E-state index >= 15 is 0 Å². The number of unbranched alkanes of at least 4 members (excludes halogenated alkanes) is 1. The Morgan fingerprint density at radius 3 is 2.94 bits per heavy atom. The number of nitrogens with zero attached hydrogens (tertiary/aromatic N) is 4. The molecule has 2 aromatic rings. The Morgan fingerprint density at radius 1 is 1.35 bits per heavy atom. The molecule has 0 saturated heterocycles. The van der Waals surface area contributed by atoms with Crippen molar-refractivity contribution in [2.75, 3.05) is 5.32 Å². The van der Waals surface area contributed by atoms with Crippen molar-refractivity contribution >= 4 is 5.95 Å². The summed E-state index contributed by atoms with van der Waals surface area (Å²) in [5.41, 5.74) is 1.15. The highest BCUT2D eigenvalue weighted by atomic mass is 15.3. The standard InChI is InChI=1S/C12H19N5/c1-3-4-8-17-9-7-13-12(17)14-10-11-5-6-15-16(11)2/h5-7,9H,3-4,8,10H2,1-2H3,(H,13,14). The van der Waals surface area contributed by atoms with Crippen LogP contribution in [0.1, 0.15) is 25.5 Å². The molecule has 0 bridgehead atoms. The second-order valence-electron chi connectivity index (χ2n) is 4.10. The Kier molecular flexibility index (Phi) is 3.80. The van der Waals surface area contributed by atoms with Gasteiger partial charge < -0.3 is 9.88 Å². The first-order valence-electron chi connectivity index (χ1n) is 6.03. The monoisotopic (exact) mass is 233 g/mol. The highest BCUT2D eigenvalue weighted by Crippen LogP contribution is 2.08. The maximum Gasteiger partial charge on any atom is 0.203 e. The minimum Gasteiger partial charge on any atom is -0.350 e. The third kappa shape index (κ3) is 2.87. The zero-order valence-corrected chi connectivity index (χ0v) is 10.4. The van der Waals surface area contributed by atoms with Gasteiger partial charge in [-0.3, -0.25) is 4.68 Å². The van der Waals surface area contributed by atoms with E-state index in [1.54, 1.807) is 6.20 Å². The highest BCUT2D eigenvalue weighted by molar-refractivity contribution is 5.27. The largest absolute Gasteiger partial charge is 0.350 e. The van der Waals surface area contributed by atoms with Crippen molar-refractivity contribution in [3.05, 3.63) is 30.4 Å². The van der Waals surface area contributed by atoms with E-state index in [1.165, 1.54) is 12.8 Å². The average Bonchev–Trinajstić information content (AvgIpc) is 2.93. The van der Waals surface area contributed by atoms with Crippen LogP contribution in [0.3, 0.4) is 0 Å². The van der Waals surface area contributed by atoms with Crippen LogP contribution >= 0.6 is 0 Å². The van der Waals surface area contributed by atoms with Crippen LogP contribution < -0.4 is 5.32 Å². The van der Waals surface area contributed by atoms with Gasteiger partial charge >= 0.3 is 0 Å². The zero-order valence-electron chi connectivity index (χ0n) is 10.4. The van der Waals surface area contributed by atoms with Crippen molar-refractivity contribution in [3.63, 3.8) is 0 Å². The van der Waals surface area contributed by atoms with Gasteiger partial charge in [-0.1, -0.05) is 13.3 Å². The van der Waals surface area contributed by atoms with E-state index in [-0.39, 0.29) is 0 Å². The lowest BCUT2D eigenvalue weighted by atomic mass is 10.3. The molecule has 0 radical (unpaired) electrons. The molecule has 0 aromatic carbocycles. The van der Waals surface area contributed by atoms with Gasteiger partial charge in [0.05, 0.1) is 12.2 Å². The molecule has 0 aliphatic heterocycles. The van der Waals surface area contributed by atoms with Gasteiger partial charge in [-0.15, -0.1) is 0 Å². The van der Waals surface area contributed by atoms with E-state index < -0.39 is 0 Å². The van der Waals surface area contributed by atoms with Crippen molar-refractivity contribution in [1.82, 2.24) is 19.3 Å². The molecule has 0 aliphatic rings. The average molecular weight is 233 g/mol. The molecule has 2 rings (SSSR count). The minimum atomic E-state index is 0.750. The molecule has 92 valence electrons. The van der Waals surface area contributed by atoms with Gasteiger partial charge in [0.25, 0.3) is 0 Å². The molecule has 0 amide bonds. The number of anilines is 1. The number of hydrogen-bond acceptors (Lipinski definition) is 3. The lowest BCUT2D eigenvalue weighted by Gasteiger charge is -2.09. The first-order valence-corrected chi connectivity index (χ1v) is 6.03. The van der Waals surface area contributed by atoms with E-state index in [9.17, 15) is 0 Å². The molecule has 0 aliphatic carbocycles. The second kappa shape index (κ2) is 5.52. The van der Waals surface area contributed by atoms with Gasteiger partial charge in [0.2, 0.25) is 5.95 Å². The number of aryl methyl sites for hydroxylation is 2. The smallest absolute Gasteiger partial charge is 0.203 e. The van der Waals surface area contributed by atoms with E-state index in [0.29, 0.717) is 0 Å². The second-order valence-corrected chi connectivity index (χ2v) is 4.10. The maximum absolute atomic E-state index is 4.32. The van der Waals surface area contributed by atoms with Gasteiger partial charge in [-0.05, 0) is 12.5 Å². The minimum absolute atomic E-state index is 0.750. The quantitative estimate of drug-likeness (QED) is 0.830. The Labute approximate surface area is 101 Å². The Hall–Kier alpha value is -1.78. The van der Waals surface area contributed by atoms with Crippen molar-refractivity contribution in [2.45, 2.75) is 32.9 Å². The highest BCUT2D eigenvalue weighted by Gasteiger charge is 2.03. The lowest BCUT2D eigenvalue weighted by Crippen LogP contribution is -2.10. The number of nitrogens with one attached hydrogen (secondary N) is 1. The van der Waals surface area contributed by atoms with Crippen LogP contribution in [-0.2, 0) is 20.1 Å². The van der Waals surface area contributed by atoms with Gasteiger partial charge in [0, 0.05) is 32.2 Å². The number of hydrogen-bond donors (Lipinski definition) is 1. The van der Waals surface area contributed by atoms with Gasteiger partial charge in [0.15, 0.2) is 0 Å². The summed E-state index contributed by atoms with van der Waals surface area (Å²) in [6.07, 6.45) is 8.03. The molecule has 5 nitrogen and oxygen atoms in total. The van der Waals surface area contributed by atoms with Crippen molar-refractivity contribution < 1.29 is 0 Å². The SMILES string of the molecule is CCCCn1ccnc1NCc1ccnn1C. The topological polar surface area (TPSA) is 47.7 Å². The fourth-order valence-corrected chi connectivity index (χ4v) is 1.73.